The van der Waals surface area contributed by atoms with Gasteiger partial charge in [0.1, 0.15) is 5.60 Å². The molecule has 1 saturated heterocycles. The Morgan fingerprint density at radius 3 is 3.00 bits per heavy atom. The second-order valence-corrected chi connectivity index (χ2v) is 7.71. The third-order valence-corrected chi connectivity index (χ3v) is 5.69. The van der Waals surface area contributed by atoms with E-state index in [1.807, 2.05) is 37.4 Å². The second-order valence-electron chi connectivity index (χ2n) is 6.82. The molecule has 8 heteroatoms. The van der Waals surface area contributed by atoms with Crippen LogP contribution in [0.15, 0.2) is 17.8 Å². The van der Waals surface area contributed by atoms with Gasteiger partial charge in [-0.3, -0.25) is 4.68 Å². The highest BCUT2D eigenvalue weighted by Gasteiger charge is 2.36. The normalized spacial score (nSPS) is 22.0. The summed E-state index contributed by atoms with van der Waals surface area (Å²) in [5, 5.41) is 10.3. The molecular weight excluding hydrogens is 338 g/mol. The van der Waals surface area contributed by atoms with Crippen LogP contribution in [0.5, 0.6) is 0 Å². The van der Waals surface area contributed by atoms with Crippen molar-refractivity contribution in [2.75, 3.05) is 26.2 Å². The van der Waals surface area contributed by atoms with Gasteiger partial charge in [-0.1, -0.05) is 6.92 Å². The predicted molar refractivity (Wildman–Crippen MR) is 96.7 cm³/mol. The van der Waals surface area contributed by atoms with Crippen molar-refractivity contribution in [3.05, 3.63) is 34.0 Å². The van der Waals surface area contributed by atoms with E-state index in [0.717, 1.165) is 16.3 Å². The fourth-order valence-corrected chi connectivity index (χ4v) is 3.81. The lowest BCUT2D eigenvalue weighted by Gasteiger charge is -2.40. The summed E-state index contributed by atoms with van der Waals surface area (Å²) in [6.07, 6.45) is 3.74. The topological polar surface area (TPSA) is 72.3 Å². The summed E-state index contributed by atoms with van der Waals surface area (Å²) < 4.78 is 7.71. The van der Waals surface area contributed by atoms with Crippen LogP contribution >= 0.6 is 11.3 Å². The molecule has 7 nitrogen and oxygen atoms in total. The lowest BCUT2D eigenvalue weighted by atomic mass is 9.97. The third-order valence-electron chi connectivity index (χ3n) is 4.49. The zero-order chi connectivity index (χ0) is 18.0. The van der Waals surface area contributed by atoms with Gasteiger partial charge >= 0.3 is 6.03 Å². The summed E-state index contributed by atoms with van der Waals surface area (Å²) in [4.78, 5) is 18.9. The van der Waals surface area contributed by atoms with Crippen LogP contribution in [-0.2, 0) is 17.4 Å². The molecule has 1 aliphatic rings. The minimum absolute atomic E-state index is 0.0569. The van der Waals surface area contributed by atoms with E-state index >= 15 is 0 Å². The standard InChI is InChI=1S/C17H25N5O2S/c1-12(15-20-13(2)10-25-15)7-18-16(23)22-5-6-24-17(3,11-22)14-8-19-21(4)9-14/h8-10,12H,5-7,11H2,1-4H3,(H,18,23). The molecule has 136 valence electrons. The van der Waals surface area contributed by atoms with E-state index in [1.54, 1.807) is 22.2 Å². The first-order valence-electron chi connectivity index (χ1n) is 8.45. The van der Waals surface area contributed by atoms with Crippen LogP contribution in [0.2, 0.25) is 0 Å². The molecule has 0 radical (unpaired) electrons. The number of ether oxygens (including phenoxy) is 1. The van der Waals surface area contributed by atoms with E-state index in [0.29, 0.717) is 26.2 Å². The molecule has 2 atom stereocenters. The van der Waals surface area contributed by atoms with E-state index in [1.165, 1.54) is 0 Å². The lowest BCUT2D eigenvalue weighted by Crippen LogP contribution is -2.53. The van der Waals surface area contributed by atoms with Gasteiger partial charge in [0.25, 0.3) is 0 Å². The Hall–Kier alpha value is -1.93. The Morgan fingerprint density at radius 2 is 2.36 bits per heavy atom. The number of thiazole rings is 1. The van der Waals surface area contributed by atoms with Crippen molar-refractivity contribution in [3.8, 4) is 0 Å². The van der Waals surface area contributed by atoms with Gasteiger partial charge in [0.05, 0.1) is 24.4 Å². The number of nitrogens with zero attached hydrogens (tertiary/aromatic N) is 4. The molecule has 25 heavy (non-hydrogen) atoms. The van der Waals surface area contributed by atoms with Crippen molar-refractivity contribution < 1.29 is 9.53 Å². The molecule has 0 aliphatic carbocycles. The van der Waals surface area contributed by atoms with Gasteiger partial charge in [-0.05, 0) is 13.8 Å². The summed E-state index contributed by atoms with van der Waals surface area (Å²) >= 11 is 1.64. The Kier molecular flexibility index (Phi) is 5.10. The van der Waals surface area contributed by atoms with E-state index in [4.69, 9.17) is 4.74 Å². The molecule has 1 aliphatic heterocycles. The van der Waals surface area contributed by atoms with Crippen molar-refractivity contribution in [1.29, 1.82) is 0 Å². The summed E-state index contributed by atoms with van der Waals surface area (Å²) in [6, 6.07) is -0.0569. The van der Waals surface area contributed by atoms with Gasteiger partial charge in [-0.25, -0.2) is 9.78 Å². The Labute approximate surface area is 152 Å². The minimum Gasteiger partial charge on any atom is -0.367 e. The zero-order valence-corrected chi connectivity index (χ0v) is 16.0. The molecule has 3 rings (SSSR count). The van der Waals surface area contributed by atoms with Crippen molar-refractivity contribution in [2.45, 2.75) is 32.3 Å². The number of carbonyl (C=O) groups excluding carboxylic acids is 1. The molecule has 2 unspecified atom stereocenters. The Balaban J connectivity index is 1.58. The Morgan fingerprint density at radius 1 is 1.56 bits per heavy atom. The zero-order valence-electron chi connectivity index (χ0n) is 15.2. The van der Waals surface area contributed by atoms with Crippen LogP contribution in [0.25, 0.3) is 0 Å². The van der Waals surface area contributed by atoms with Crippen molar-refractivity contribution >= 4 is 17.4 Å². The highest BCUT2D eigenvalue weighted by molar-refractivity contribution is 7.09. The van der Waals surface area contributed by atoms with Gasteiger partial charge < -0.3 is 15.0 Å². The number of aromatic nitrogens is 3. The quantitative estimate of drug-likeness (QED) is 0.904. The number of hydrogen-bond donors (Lipinski definition) is 1. The average Bonchev–Trinajstić information content (AvgIpc) is 3.21. The Bertz CT molecular complexity index is 743. The largest absolute Gasteiger partial charge is 0.367 e. The summed E-state index contributed by atoms with van der Waals surface area (Å²) in [5.74, 6) is 0.202. The number of hydrogen-bond acceptors (Lipinski definition) is 5. The maximum atomic E-state index is 12.6. The monoisotopic (exact) mass is 363 g/mol. The number of morpholine rings is 1. The molecule has 1 fully saturated rings. The molecular formula is C17H25N5O2S. The summed E-state index contributed by atoms with van der Waals surface area (Å²) in [5.41, 5.74) is 1.49. The molecule has 3 heterocycles. The minimum atomic E-state index is -0.526. The SMILES string of the molecule is Cc1csc(C(C)CNC(=O)N2CCOC(C)(c3cnn(C)c3)C2)n1. The van der Waals surface area contributed by atoms with Gasteiger partial charge in [0.2, 0.25) is 0 Å². The molecule has 0 spiro atoms. The highest BCUT2D eigenvalue weighted by atomic mass is 32.1. The number of nitrogens with one attached hydrogen (secondary N) is 1. The lowest BCUT2D eigenvalue weighted by molar-refractivity contribution is -0.0906. The van der Waals surface area contributed by atoms with Gasteiger partial charge in [0.15, 0.2) is 0 Å². The number of urea groups is 1. The van der Waals surface area contributed by atoms with Crippen LogP contribution in [0, 0.1) is 6.92 Å². The number of amides is 2. The third kappa shape index (κ3) is 4.01. The molecule has 0 saturated carbocycles. The van der Waals surface area contributed by atoms with E-state index in [2.05, 4.69) is 22.3 Å². The molecule has 2 aromatic rings. The first-order valence-corrected chi connectivity index (χ1v) is 9.33. The van der Waals surface area contributed by atoms with Crippen molar-refractivity contribution in [1.82, 2.24) is 25.0 Å². The van der Waals surface area contributed by atoms with E-state index < -0.39 is 5.60 Å². The van der Waals surface area contributed by atoms with Crippen LogP contribution < -0.4 is 5.32 Å². The average molecular weight is 363 g/mol. The molecule has 0 bridgehead atoms. The van der Waals surface area contributed by atoms with Crippen molar-refractivity contribution in [3.63, 3.8) is 0 Å². The van der Waals surface area contributed by atoms with Gasteiger partial charge in [-0.15, -0.1) is 11.3 Å². The summed E-state index contributed by atoms with van der Waals surface area (Å²) in [7, 11) is 1.88. The van der Waals surface area contributed by atoms with Crippen LogP contribution in [0.3, 0.4) is 0 Å². The number of aryl methyl sites for hydroxylation is 2. The van der Waals surface area contributed by atoms with Gasteiger partial charge in [0, 0.05) is 48.9 Å². The van der Waals surface area contributed by atoms with Gasteiger partial charge in [-0.2, -0.15) is 5.10 Å². The van der Waals surface area contributed by atoms with Crippen LogP contribution in [0.4, 0.5) is 4.79 Å². The highest BCUT2D eigenvalue weighted by Crippen LogP contribution is 2.29. The van der Waals surface area contributed by atoms with E-state index in [-0.39, 0.29) is 11.9 Å². The van der Waals surface area contributed by atoms with E-state index in [9.17, 15) is 4.79 Å². The van der Waals surface area contributed by atoms with Crippen LogP contribution in [-0.4, -0.2) is 51.9 Å². The smallest absolute Gasteiger partial charge is 0.317 e. The number of rotatable bonds is 4. The second kappa shape index (κ2) is 7.13. The summed E-state index contributed by atoms with van der Waals surface area (Å²) in [6.45, 7) is 8.26. The first-order chi connectivity index (χ1) is 11.9. The van der Waals surface area contributed by atoms with Crippen LogP contribution in [0.1, 0.15) is 36.0 Å². The maximum Gasteiger partial charge on any atom is 0.317 e. The first kappa shape index (κ1) is 17.9. The fourth-order valence-electron chi connectivity index (χ4n) is 2.95. The molecule has 2 amide bonds. The fraction of sp³-hybridized carbons (Fsp3) is 0.588. The molecule has 0 aromatic carbocycles. The maximum absolute atomic E-state index is 12.6. The number of carbonyl (C=O) groups is 1. The molecule has 2 aromatic heterocycles. The molecule has 1 N–H and O–H groups in total. The van der Waals surface area contributed by atoms with Crippen molar-refractivity contribution in [2.24, 2.45) is 7.05 Å². The predicted octanol–water partition coefficient (Wildman–Crippen LogP) is 2.25.